The molecular weight excluding hydrogens is 705 g/mol. The minimum Gasteiger partial charge on any atom is -0.481 e. The highest BCUT2D eigenvalue weighted by molar-refractivity contribution is 5.69. The number of esters is 1. The van der Waals surface area contributed by atoms with Crippen LogP contribution < -0.4 is 0 Å². The van der Waals surface area contributed by atoms with E-state index in [0.29, 0.717) is 54.8 Å². The van der Waals surface area contributed by atoms with Gasteiger partial charge in [0.1, 0.15) is 6.10 Å². The third kappa shape index (κ3) is 6.48. The van der Waals surface area contributed by atoms with Crippen molar-refractivity contribution >= 4 is 11.9 Å². The summed E-state index contributed by atoms with van der Waals surface area (Å²) in [5, 5.41) is 55.6. The average molecular weight is 783 g/mol. The SMILES string of the molecule is C[C@H](CCC(=O)O[C@@H]1CC[C@]2(C)C3C[C@H](O)[C@@]4(C)C(CC[C@@H]4[C@H](C)CCC(=O)O)C3[C@H](O)C[C@@H]2C1)[C@H]1CCC2C3CC[C@@H]4C[C@H](O)CC[C@]4(C)C3C[C@H](O)[C@@]21C. The number of carboxylic acids is 1. The highest BCUT2D eigenvalue weighted by Crippen LogP contribution is 2.70. The first kappa shape index (κ1) is 41.5. The molecule has 0 aliphatic heterocycles. The molecule has 0 aromatic heterocycles. The quantitative estimate of drug-likeness (QED) is 0.147. The number of aliphatic carboxylic acids is 1. The maximum atomic E-state index is 13.5. The fraction of sp³-hybridized carbons (Fsp3) is 0.958. The molecule has 8 aliphatic carbocycles. The molecular formula is C48H78O8. The molecule has 56 heavy (non-hydrogen) atoms. The van der Waals surface area contributed by atoms with Crippen LogP contribution in [0.5, 0.6) is 0 Å². The number of carbonyl (C=O) groups excluding carboxylic acids is 1. The monoisotopic (exact) mass is 783 g/mol. The van der Waals surface area contributed by atoms with E-state index in [1.165, 1.54) is 19.3 Å². The highest BCUT2D eigenvalue weighted by Gasteiger charge is 2.67. The number of fused-ring (bicyclic) bond motifs is 10. The molecule has 8 nitrogen and oxygen atoms in total. The van der Waals surface area contributed by atoms with Gasteiger partial charge in [0.25, 0.3) is 0 Å². The third-order valence-corrected chi connectivity index (χ3v) is 20.9. The van der Waals surface area contributed by atoms with Crippen molar-refractivity contribution in [2.24, 2.45) is 92.7 Å². The number of hydrogen-bond donors (Lipinski definition) is 5. The van der Waals surface area contributed by atoms with Gasteiger partial charge in [-0.05, 0) is 202 Å². The average Bonchev–Trinajstić information content (AvgIpc) is 3.70. The van der Waals surface area contributed by atoms with Gasteiger partial charge in [0.2, 0.25) is 0 Å². The van der Waals surface area contributed by atoms with Crippen LogP contribution in [0.2, 0.25) is 0 Å². The maximum absolute atomic E-state index is 13.5. The minimum atomic E-state index is -0.762. The van der Waals surface area contributed by atoms with E-state index in [9.17, 15) is 35.1 Å². The lowest BCUT2D eigenvalue weighted by molar-refractivity contribution is -0.209. The van der Waals surface area contributed by atoms with Crippen molar-refractivity contribution in [2.45, 2.75) is 194 Å². The number of rotatable bonds is 9. The Bertz CT molecular complexity index is 1470. The predicted octanol–water partition coefficient (Wildman–Crippen LogP) is 8.41. The molecule has 8 saturated carbocycles. The molecule has 5 N–H and O–H groups in total. The van der Waals surface area contributed by atoms with Gasteiger partial charge in [-0.15, -0.1) is 0 Å². The minimum absolute atomic E-state index is 0.0140. The first-order chi connectivity index (χ1) is 26.4. The zero-order valence-electron chi connectivity index (χ0n) is 35.7. The second kappa shape index (κ2) is 15.0. The van der Waals surface area contributed by atoms with Crippen LogP contribution in [0.25, 0.3) is 0 Å². The summed E-state index contributed by atoms with van der Waals surface area (Å²) < 4.78 is 6.27. The Hall–Kier alpha value is -1.22. The molecule has 0 heterocycles. The van der Waals surface area contributed by atoms with Crippen molar-refractivity contribution in [3.8, 4) is 0 Å². The lowest BCUT2D eigenvalue weighted by atomic mass is 9.43. The summed E-state index contributed by atoms with van der Waals surface area (Å²) in [6.07, 6.45) is 15.0. The van der Waals surface area contributed by atoms with Crippen LogP contribution in [0.1, 0.15) is 164 Å². The summed E-state index contributed by atoms with van der Waals surface area (Å²) in [6.45, 7) is 14.0. The van der Waals surface area contributed by atoms with Crippen LogP contribution in [-0.2, 0) is 14.3 Å². The summed E-state index contributed by atoms with van der Waals surface area (Å²) in [5.74, 6) is 3.51. The maximum Gasteiger partial charge on any atom is 0.306 e. The molecule has 6 unspecified atom stereocenters. The lowest BCUT2D eigenvalue weighted by Gasteiger charge is -2.63. The Balaban J connectivity index is 0.859. The van der Waals surface area contributed by atoms with E-state index >= 15 is 0 Å². The standard InChI is InChI=1S/C48H78O8/c1-26(7-15-42(53)54)34-12-14-36-44-38(25-41(52)48(34,36)6)46(4)20-18-31(22-29(46)23-39(44)50)56-43(55)16-8-27(2)33-11-13-35-32-10-9-28-21-30(49)17-19-45(28,3)37(32)24-40(51)47(33,35)5/h26-41,44,49-52H,7-25H2,1-6H3,(H,53,54)/t26-,27-,28-,29+,30-,31-,32?,33-,34-,35?,36?,37?,38?,39-,40+,41+,44?,45+,46+,47-,48-/m1/s1. The first-order valence-electron chi connectivity index (χ1n) is 23.6. The van der Waals surface area contributed by atoms with Crippen molar-refractivity contribution in [3.05, 3.63) is 0 Å². The van der Waals surface area contributed by atoms with Crippen molar-refractivity contribution in [3.63, 3.8) is 0 Å². The molecule has 8 fully saturated rings. The Morgan fingerprint density at radius 1 is 0.625 bits per heavy atom. The number of carbonyl (C=O) groups is 2. The third-order valence-electron chi connectivity index (χ3n) is 20.9. The summed E-state index contributed by atoms with van der Waals surface area (Å²) >= 11 is 0. The van der Waals surface area contributed by atoms with Crippen LogP contribution >= 0.6 is 0 Å². The topological polar surface area (TPSA) is 145 Å². The van der Waals surface area contributed by atoms with Gasteiger partial charge in [-0.25, -0.2) is 0 Å². The highest BCUT2D eigenvalue weighted by atomic mass is 16.5. The molecule has 0 bridgehead atoms. The van der Waals surface area contributed by atoms with Gasteiger partial charge in [-0.3, -0.25) is 9.59 Å². The van der Waals surface area contributed by atoms with Crippen LogP contribution in [-0.4, -0.2) is 68.0 Å². The summed E-state index contributed by atoms with van der Waals surface area (Å²) in [4.78, 5) is 24.9. The molecule has 0 spiro atoms. The fourth-order valence-corrected chi connectivity index (χ4v) is 17.7. The summed E-state index contributed by atoms with van der Waals surface area (Å²) in [7, 11) is 0. The van der Waals surface area contributed by atoms with E-state index in [1.807, 2.05) is 0 Å². The van der Waals surface area contributed by atoms with Gasteiger partial charge >= 0.3 is 11.9 Å². The Kier molecular flexibility index (Phi) is 11.2. The zero-order chi connectivity index (χ0) is 40.1. The number of aliphatic hydroxyl groups excluding tert-OH is 4. The molecule has 0 radical (unpaired) electrons. The molecule has 0 amide bonds. The lowest BCUT2D eigenvalue weighted by Crippen LogP contribution is -2.62. The Labute approximate surface area is 337 Å². The Morgan fingerprint density at radius 2 is 1.21 bits per heavy atom. The molecule has 21 atom stereocenters. The number of hydrogen-bond acceptors (Lipinski definition) is 7. The summed E-state index contributed by atoms with van der Waals surface area (Å²) in [5.41, 5.74) is -0.203. The van der Waals surface area contributed by atoms with Crippen molar-refractivity contribution < 1.29 is 39.9 Å². The Morgan fingerprint density at radius 3 is 1.89 bits per heavy atom. The van der Waals surface area contributed by atoms with E-state index in [1.54, 1.807) is 0 Å². The first-order valence-corrected chi connectivity index (χ1v) is 23.6. The van der Waals surface area contributed by atoms with E-state index in [4.69, 9.17) is 4.74 Å². The van der Waals surface area contributed by atoms with E-state index in [0.717, 1.165) is 77.0 Å². The van der Waals surface area contributed by atoms with Gasteiger partial charge < -0.3 is 30.3 Å². The van der Waals surface area contributed by atoms with E-state index in [-0.39, 0.29) is 87.9 Å². The largest absolute Gasteiger partial charge is 0.481 e. The van der Waals surface area contributed by atoms with Crippen LogP contribution in [0.15, 0.2) is 0 Å². The van der Waals surface area contributed by atoms with Crippen molar-refractivity contribution in [2.75, 3.05) is 0 Å². The molecule has 0 aromatic carbocycles. The molecule has 8 heteroatoms. The molecule has 8 rings (SSSR count). The number of aliphatic hydroxyl groups is 4. The van der Waals surface area contributed by atoms with Gasteiger partial charge in [-0.2, -0.15) is 0 Å². The molecule has 0 saturated heterocycles. The van der Waals surface area contributed by atoms with E-state index < -0.39 is 18.2 Å². The smallest absolute Gasteiger partial charge is 0.306 e. The normalized spacial score (nSPS) is 53.3. The second-order valence-corrected chi connectivity index (χ2v) is 22.8. The van der Waals surface area contributed by atoms with Crippen LogP contribution in [0, 0.1) is 92.7 Å². The van der Waals surface area contributed by atoms with Crippen molar-refractivity contribution in [1.82, 2.24) is 0 Å². The van der Waals surface area contributed by atoms with Gasteiger partial charge in [-0.1, -0.05) is 41.5 Å². The second-order valence-electron chi connectivity index (χ2n) is 22.8. The predicted molar refractivity (Wildman–Crippen MR) is 215 cm³/mol. The number of ether oxygens (including phenoxy) is 1. The van der Waals surface area contributed by atoms with E-state index in [2.05, 4.69) is 41.5 Å². The number of carboxylic acid groups (broad SMARTS) is 1. The zero-order valence-corrected chi connectivity index (χ0v) is 35.7. The molecule has 8 aliphatic rings. The van der Waals surface area contributed by atoms with Crippen molar-refractivity contribution in [1.29, 1.82) is 0 Å². The van der Waals surface area contributed by atoms with Gasteiger partial charge in [0.05, 0.1) is 24.4 Å². The molecule has 318 valence electrons. The molecule has 0 aromatic rings. The van der Waals surface area contributed by atoms with Gasteiger partial charge in [0.15, 0.2) is 0 Å². The fourth-order valence-electron chi connectivity index (χ4n) is 17.7. The van der Waals surface area contributed by atoms with Crippen LogP contribution in [0.4, 0.5) is 0 Å². The van der Waals surface area contributed by atoms with Crippen LogP contribution in [0.3, 0.4) is 0 Å². The van der Waals surface area contributed by atoms with Gasteiger partial charge in [0, 0.05) is 12.8 Å². The summed E-state index contributed by atoms with van der Waals surface area (Å²) in [6, 6.07) is 0.